The minimum Gasteiger partial charge on any atom is -0.466 e. The maximum absolute atomic E-state index is 11.3. The monoisotopic (exact) mass is 242 g/mol. The van der Waals surface area contributed by atoms with Crippen molar-refractivity contribution in [1.29, 1.82) is 5.26 Å². The standard InChI is InChI=1S/C14H14N2O2/c1-10-7-11-5-3-4-6-13(11)16(10)12(9-15)8-14(17)18-2/h3-6,8,10H,7H2,1-2H3/b12-8+. The van der Waals surface area contributed by atoms with Gasteiger partial charge in [-0.2, -0.15) is 5.26 Å². The minimum atomic E-state index is -0.511. The quantitative estimate of drug-likeness (QED) is 0.452. The van der Waals surface area contributed by atoms with Gasteiger partial charge in [-0.25, -0.2) is 4.79 Å². The van der Waals surface area contributed by atoms with Crippen LogP contribution in [0.25, 0.3) is 0 Å². The first-order chi connectivity index (χ1) is 8.67. The molecule has 0 saturated carbocycles. The number of nitrogens with zero attached hydrogens (tertiary/aromatic N) is 2. The number of allylic oxidation sites excluding steroid dienone is 1. The Bertz CT molecular complexity index is 543. The van der Waals surface area contributed by atoms with Crippen LogP contribution in [-0.2, 0) is 16.0 Å². The van der Waals surface area contributed by atoms with E-state index in [0.29, 0.717) is 5.70 Å². The van der Waals surface area contributed by atoms with Crippen LogP contribution in [0.1, 0.15) is 12.5 Å². The molecule has 0 aromatic heterocycles. The summed E-state index contributed by atoms with van der Waals surface area (Å²) in [7, 11) is 1.30. The van der Waals surface area contributed by atoms with Gasteiger partial charge in [-0.3, -0.25) is 0 Å². The molecule has 0 bridgehead atoms. The Balaban J connectivity index is 2.41. The van der Waals surface area contributed by atoms with Gasteiger partial charge in [0.2, 0.25) is 0 Å². The second-order valence-electron chi connectivity index (χ2n) is 4.22. The SMILES string of the molecule is COC(=O)/C=C(\C#N)N1c2ccccc2CC1C. The van der Waals surface area contributed by atoms with Crippen molar-refractivity contribution in [3.05, 3.63) is 41.6 Å². The predicted molar refractivity (Wildman–Crippen MR) is 67.8 cm³/mol. The number of hydrogen-bond donors (Lipinski definition) is 0. The molecule has 2 rings (SSSR count). The van der Waals surface area contributed by atoms with Gasteiger partial charge in [0.1, 0.15) is 11.8 Å². The third-order valence-electron chi connectivity index (χ3n) is 3.04. The molecule has 0 saturated heterocycles. The van der Waals surface area contributed by atoms with Crippen LogP contribution in [0, 0.1) is 11.3 Å². The van der Waals surface area contributed by atoms with Crippen molar-refractivity contribution in [2.75, 3.05) is 12.0 Å². The number of rotatable bonds is 2. The van der Waals surface area contributed by atoms with E-state index in [0.717, 1.165) is 12.1 Å². The molecule has 1 aliphatic heterocycles. The number of carbonyl (C=O) groups is 1. The summed E-state index contributed by atoms with van der Waals surface area (Å²) in [6.45, 7) is 2.03. The molecule has 0 radical (unpaired) electrons. The molecule has 0 spiro atoms. The highest BCUT2D eigenvalue weighted by atomic mass is 16.5. The van der Waals surface area contributed by atoms with Crippen molar-refractivity contribution < 1.29 is 9.53 Å². The summed E-state index contributed by atoms with van der Waals surface area (Å²) in [5.74, 6) is -0.511. The van der Waals surface area contributed by atoms with Crippen LogP contribution < -0.4 is 4.90 Å². The van der Waals surface area contributed by atoms with Crippen LogP contribution in [0.5, 0.6) is 0 Å². The number of benzene rings is 1. The zero-order chi connectivity index (χ0) is 13.1. The number of anilines is 1. The van der Waals surface area contributed by atoms with Crippen LogP contribution in [0.2, 0.25) is 0 Å². The number of nitriles is 1. The van der Waals surface area contributed by atoms with E-state index in [1.807, 2.05) is 36.1 Å². The van der Waals surface area contributed by atoms with E-state index in [1.165, 1.54) is 18.7 Å². The van der Waals surface area contributed by atoms with Gasteiger partial charge in [0, 0.05) is 11.7 Å². The highest BCUT2D eigenvalue weighted by molar-refractivity contribution is 5.85. The second-order valence-corrected chi connectivity index (χ2v) is 4.22. The summed E-state index contributed by atoms with van der Waals surface area (Å²) < 4.78 is 4.57. The van der Waals surface area contributed by atoms with Crippen molar-refractivity contribution in [3.63, 3.8) is 0 Å². The van der Waals surface area contributed by atoms with Crippen molar-refractivity contribution in [3.8, 4) is 6.07 Å². The van der Waals surface area contributed by atoms with E-state index in [4.69, 9.17) is 0 Å². The van der Waals surface area contributed by atoms with Crippen molar-refractivity contribution in [1.82, 2.24) is 0 Å². The third-order valence-corrected chi connectivity index (χ3v) is 3.04. The largest absolute Gasteiger partial charge is 0.466 e. The fraction of sp³-hybridized carbons (Fsp3) is 0.286. The molecule has 18 heavy (non-hydrogen) atoms. The van der Waals surface area contributed by atoms with Crippen LogP contribution in [0.15, 0.2) is 36.0 Å². The molecule has 0 fully saturated rings. The van der Waals surface area contributed by atoms with Crippen LogP contribution in [0.4, 0.5) is 5.69 Å². The third kappa shape index (κ3) is 2.07. The van der Waals surface area contributed by atoms with E-state index < -0.39 is 5.97 Å². The lowest BCUT2D eigenvalue weighted by Gasteiger charge is -2.23. The number of hydrogen-bond acceptors (Lipinski definition) is 4. The number of esters is 1. The summed E-state index contributed by atoms with van der Waals surface area (Å²) in [4.78, 5) is 13.2. The van der Waals surface area contributed by atoms with E-state index in [1.54, 1.807) is 0 Å². The molecule has 1 aromatic carbocycles. The van der Waals surface area contributed by atoms with Gasteiger partial charge in [0.05, 0.1) is 13.2 Å². The van der Waals surface area contributed by atoms with Crippen molar-refractivity contribution in [2.24, 2.45) is 0 Å². The molecular formula is C14H14N2O2. The Kier molecular flexibility index (Phi) is 3.33. The van der Waals surface area contributed by atoms with Gasteiger partial charge in [-0.1, -0.05) is 18.2 Å². The highest BCUT2D eigenvalue weighted by Crippen LogP contribution is 2.34. The number of fused-ring (bicyclic) bond motifs is 1. The molecule has 1 heterocycles. The lowest BCUT2D eigenvalue weighted by Crippen LogP contribution is -2.28. The average molecular weight is 242 g/mol. The first kappa shape index (κ1) is 12.2. The molecule has 4 nitrogen and oxygen atoms in total. The van der Waals surface area contributed by atoms with Gasteiger partial charge in [-0.05, 0) is 25.0 Å². The summed E-state index contributed by atoms with van der Waals surface area (Å²) in [6.07, 6.45) is 2.11. The molecule has 0 aliphatic carbocycles. The average Bonchev–Trinajstić information content (AvgIpc) is 2.71. The zero-order valence-corrected chi connectivity index (χ0v) is 10.4. The Labute approximate surface area is 106 Å². The van der Waals surface area contributed by atoms with E-state index >= 15 is 0 Å². The lowest BCUT2D eigenvalue weighted by atomic mass is 10.1. The molecule has 0 N–H and O–H groups in total. The molecule has 1 aliphatic rings. The predicted octanol–water partition coefficient (Wildman–Crippen LogP) is 2.02. The summed E-state index contributed by atoms with van der Waals surface area (Å²) >= 11 is 0. The van der Waals surface area contributed by atoms with Crippen LogP contribution in [0.3, 0.4) is 0 Å². The number of para-hydroxylation sites is 1. The Morgan fingerprint density at radius 2 is 2.28 bits per heavy atom. The van der Waals surface area contributed by atoms with Crippen molar-refractivity contribution in [2.45, 2.75) is 19.4 Å². The minimum absolute atomic E-state index is 0.165. The van der Waals surface area contributed by atoms with Crippen LogP contribution >= 0.6 is 0 Å². The molecule has 1 unspecified atom stereocenters. The normalized spacial score (nSPS) is 18.2. The summed E-state index contributed by atoms with van der Waals surface area (Å²) in [5.41, 5.74) is 2.50. The van der Waals surface area contributed by atoms with Crippen molar-refractivity contribution >= 4 is 11.7 Å². The van der Waals surface area contributed by atoms with E-state index in [2.05, 4.69) is 10.8 Å². The molecule has 0 amide bonds. The van der Waals surface area contributed by atoms with Gasteiger partial charge in [0.15, 0.2) is 0 Å². The molecule has 1 atom stereocenters. The van der Waals surface area contributed by atoms with Crippen LogP contribution in [-0.4, -0.2) is 19.1 Å². The highest BCUT2D eigenvalue weighted by Gasteiger charge is 2.28. The first-order valence-electron chi connectivity index (χ1n) is 5.74. The maximum Gasteiger partial charge on any atom is 0.333 e. The molecule has 4 heteroatoms. The number of carbonyl (C=O) groups excluding carboxylic acids is 1. The second kappa shape index (κ2) is 4.92. The lowest BCUT2D eigenvalue weighted by molar-refractivity contribution is -0.134. The fourth-order valence-corrected chi connectivity index (χ4v) is 2.26. The summed E-state index contributed by atoms with van der Waals surface area (Å²) in [5, 5.41) is 9.21. The first-order valence-corrected chi connectivity index (χ1v) is 5.74. The molecule has 1 aromatic rings. The zero-order valence-electron chi connectivity index (χ0n) is 10.4. The molecular weight excluding hydrogens is 228 g/mol. The fourth-order valence-electron chi connectivity index (χ4n) is 2.26. The Morgan fingerprint density at radius 1 is 1.56 bits per heavy atom. The Hall–Kier alpha value is -2.28. The van der Waals surface area contributed by atoms with Gasteiger partial charge >= 0.3 is 5.97 Å². The van der Waals surface area contributed by atoms with Gasteiger partial charge in [0.25, 0.3) is 0 Å². The number of methoxy groups -OCH3 is 1. The van der Waals surface area contributed by atoms with Gasteiger partial charge in [-0.15, -0.1) is 0 Å². The van der Waals surface area contributed by atoms with E-state index in [-0.39, 0.29) is 6.04 Å². The van der Waals surface area contributed by atoms with E-state index in [9.17, 15) is 10.1 Å². The number of ether oxygens (including phenoxy) is 1. The summed E-state index contributed by atoms with van der Waals surface area (Å²) in [6, 6.07) is 10.1. The topological polar surface area (TPSA) is 53.3 Å². The smallest absolute Gasteiger partial charge is 0.333 e. The Morgan fingerprint density at radius 3 is 2.94 bits per heavy atom. The molecule has 92 valence electrons. The van der Waals surface area contributed by atoms with Gasteiger partial charge < -0.3 is 9.64 Å². The maximum atomic E-state index is 11.3.